The fourth-order valence-electron chi connectivity index (χ4n) is 0.701. The van der Waals surface area contributed by atoms with Gasteiger partial charge in [-0.3, -0.25) is 0 Å². The molecule has 0 saturated heterocycles. The van der Waals surface area contributed by atoms with E-state index < -0.39 is 0 Å². The fraction of sp³-hybridized carbons (Fsp3) is 0.857. The minimum Gasteiger partial charge on any atom is -0.349 e. The summed E-state index contributed by atoms with van der Waals surface area (Å²) in [5.74, 6) is 0. The molecule has 0 aromatic rings. The van der Waals surface area contributed by atoms with Gasteiger partial charge in [0.25, 0.3) is 0 Å². The van der Waals surface area contributed by atoms with Crippen LogP contribution in [0.15, 0.2) is 0 Å². The van der Waals surface area contributed by atoms with Crippen molar-refractivity contribution in [2.45, 2.75) is 19.3 Å². The number of hydrogen-bond acceptors (Lipinski definition) is 3. The molecule has 3 heteroatoms. The largest absolute Gasteiger partial charge is 0.349 e. The Kier molecular flexibility index (Phi) is 6.91. The van der Waals surface area contributed by atoms with Crippen LogP contribution in [-0.2, 0) is 9.47 Å². The second-order valence-electron chi connectivity index (χ2n) is 2.03. The summed E-state index contributed by atoms with van der Waals surface area (Å²) in [7, 11) is 3.22. The van der Waals surface area contributed by atoms with Crippen LogP contribution in [0.25, 0.3) is 0 Å². The number of rotatable bonds is 6. The zero-order valence-electron chi connectivity index (χ0n) is 6.72. The highest BCUT2D eigenvalue weighted by Gasteiger charge is 2.04. The molecular weight excluding hydrogens is 130 g/mol. The second kappa shape index (κ2) is 6.99. The first-order valence-corrected chi connectivity index (χ1v) is 3.49. The quantitative estimate of drug-likeness (QED) is 0.566. The lowest BCUT2D eigenvalue weighted by molar-refractivity contribution is -0.00370. The van der Waals surface area contributed by atoms with Gasteiger partial charge in [0.15, 0.2) is 0 Å². The number of methoxy groups -OCH3 is 2. The lowest BCUT2D eigenvalue weighted by Crippen LogP contribution is -2.04. The minimum absolute atomic E-state index is 0.688. The molecule has 0 aromatic carbocycles. The molecule has 0 spiro atoms. The van der Waals surface area contributed by atoms with Gasteiger partial charge >= 0.3 is 0 Å². The van der Waals surface area contributed by atoms with Crippen molar-refractivity contribution in [3.63, 3.8) is 0 Å². The highest BCUT2D eigenvalue weighted by molar-refractivity contribution is 4.62. The van der Waals surface area contributed by atoms with Crippen LogP contribution in [0.5, 0.6) is 0 Å². The third kappa shape index (κ3) is 4.73. The maximum atomic E-state index is 5.31. The van der Waals surface area contributed by atoms with Crippen molar-refractivity contribution in [3.05, 3.63) is 6.29 Å². The Bertz CT molecular complexity index is 64.6. The molecule has 0 saturated carbocycles. The first kappa shape index (κ1) is 9.88. The van der Waals surface area contributed by atoms with Crippen LogP contribution in [0.3, 0.4) is 0 Å². The van der Waals surface area contributed by atoms with Crippen molar-refractivity contribution in [1.82, 2.24) is 0 Å². The van der Waals surface area contributed by atoms with Gasteiger partial charge in [-0.25, -0.2) is 0 Å². The smallest absolute Gasteiger partial charge is 0.223 e. The Labute approximate surface area is 62.5 Å². The Morgan fingerprint density at radius 2 is 1.80 bits per heavy atom. The summed E-state index contributed by atoms with van der Waals surface area (Å²) in [6.45, 7) is 0.737. The summed E-state index contributed by atoms with van der Waals surface area (Å²) in [6, 6.07) is 0. The van der Waals surface area contributed by atoms with Crippen molar-refractivity contribution < 1.29 is 9.47 Å². The first-order chi connectivity index (χ1) is 4.85. The van der Waals surface area contributed by atoms with Gasteiger partial charge in [0.05, 0.1) is 0 Å². The van der Waals surface area contributed by atoms with Gasteiger partial charge in [-0.05, 0) is 19.4 Å². The van der Waals surface area contributed by atoms with Gasteiger partial charge < -0.3 is 15.2 Å². The molecule has 61 valence electrons. The Morgan fingerprint density at radius 3 is 2.20 bits per heavy atom. The highest BCUT2D eigenvalue weighted by atomic mass is 16.7. The number of unbranched alkanes of at least 4 members (excludes halogenated alkanes) is 1. The van der Waals surface area contributed by atoms with E-state index in [0.29, 0.717) is 6.29 Å². The van der Waals surface area contributed by atoms with Crippen molar-refractivity contribution in [1.29, 1.82) is 0 Å². The Morgan fingerprint density at radius 1 is 1.20 bits per heavy atom. The maximum Gasteiger partial charge on any atom is 0.223 e. The molecule has 0 amide bonds. The molecule has 3 nitrogen and oxygen atoms in total. The van der Waals surface area contributed by atoms with E-state index in [0.717, 1.165) is 25.8 Å². The summed E-state index contributed by atoms with van der Waals surface area (Å²) < 4.78 is 9.80. The van der Waals surface area contributed by atoms with Crippen LogP contribution < -0.4 is 5.73 Å². The molecule has 0 aliphatic rings. The number of ether oxygens (including phenoxy) is 2. The maximum absolute atomic E-state index is 5.31. The van der Waals surface area contributed by atoms with Crippen molar-refractivity contribution in [2.24, 2.45) is 5.73 Å². The van der Waals surface area contributed by atoms with Gasteiger partial charge in [0.2, 0.25) is 6.29 Å². The number of hydrogen-bond donors (Lipinski definition) is 1. The highest BCUT2D eigenvalue weighted by Crippen LogP contribution is 2.10. The van der Waals surface area contributed by atoms with Crippen LogP contribution in [0.4, 0.5) is 0 Å². The summed E-state index contributed by atoms with van der Waals surface area (Å²) in [5, 5.41) is 0. The zero-order valence-corrected chi connectivity index (χ0v) is 6.72. The summed E-state index contributed by atoms with van der Waals surface area (Å²) >= 11 is 0. The van der Waals surface area contributed by atoms with Crippen LogP contribution in [0.2, 0.25) is 0 Å². The molecule has 0 rings (SSSR count). The standard InChI is InChI=1S/C7H16NO2/c1-9-7(10-2)5-3-4-6-8/h3-6,8H2,1-2H3. The Balaban J connectivity index is 3.09. The lowest BCUT2D eigenvalue weighted by Gasteiger charge is -2.09. The average Bonchev–Trinajstić information content (AvgIpc) is 1.99. The summed E-state index contributed by atoms with van der Waals surface area (Å²) in [4.78, 5) is 0. The van der Waals surface area contributed by atoms with Gasteiger partial charge in [0.1, 0.15) is 0 Å². The summed E-state index contributed by atoms with van der Waals surface area (Å²) in [5.41, 5.74) is 5.31. The fourth-order valence-corrected chi connectivity index (χ4v) is 0.701. The van der Waals surface area contributed by atoms with Gasteiger partial charge in [0, 0.05) is 20.6 Å². The monoisotopic (exact) mass is 146 g/mol. The van der Waals surface area contributed by atoms with E-state index in [1.165, 1.54) is 0 Å². The van der Waals surface area contributed by atoms with Crippen LogP contribution in [-0.4, -0.2) is 20.8 Å². The molecule has 0 fully saturated rings. The van der Waals surface area contributed by atoms with E-state index in [9.17, 15) is 0 Å². The SMILES string of the molecule is CO[C](CCCCN)OC. The van der Waals surface area contributed by atoms with Crippen molar-refractivity contribution in [3.8, 4) is 0 Å². The predicted molar refractivity (Wildman–Crippen MR) is 40.2 cm³/mol. The topological polar surface area (TPSA) is 44.5 Å². The molecule has 1 radical (unpaired) electrons. The van der Waals surface area contributed by atoms with Gasteiger partial charge in [-0.2, -0.15) is 0 Å². The predicted octanol–water partition coefficient (Wildman–Crippen LogP) is 0.898. The molecule has 0 aliphatic carbocycles. The van der Waals surface area contributed by atoms with Crippen molar-refractivity contribution in [2.75, 3.05) is 20.8 Å². The third-order valence-corrected chi connectivity index (χ3v) is 1.29. The number of nitrogens with two attached hydrogens (primary N) is 1. The second-order valence-corrected chi connectivity index (χ2v) is 2.03. The summed E-state index contributed by atoms with van der Waals surface area (Å²) in [6.07, 6.45) is 3.60. The molecule has 2 N–H and O–H groups in total. The average molecular weight is 146 g/mol. The molecule has 0 atom stereocenters. The first-order valence-electron chi connectivity index (χ1n) is 3.49. The molecule has 0 aliphatic heterocycles. The van der Waals surface area contributed by atoms with E-state index in [1.807, 2.05) is 0 Å². The Hall–Kier alpha value is -0.120. The van der Waals surface area contributed by atoms with Crippen LogP contribution >= 0.6 is 0 Å². The van der Waals surface area contributed by atoms with Crippen LogP contribution in [0.1, 0.15) is 19.3 Å². The van der Waals surface area contributed by atoms with Gasteiger partial charge in [-0.1, -0.05) is 0 Å². The molecule has 0 bridgehead atoms. The molecule has 0 heterocycles. The van der Waals surface area contributed by atoms with E-state index >= 15 is 0 Å². The van der Waals surface area contributed by atoms with Gasteiger partial charge in [-0.15, -0.1) is 0 Å². The van der Waals surface area contributed by atoms with Crippen molar-refractivity contribution >= 4 is 0 Å². The minimum atomic E-state index is 0.688. The normalized spacial score (nSPS) is 10.8. The van der Waals surface area contributed by atoms with E-state index in [2.05, 4.69) is 0 Å². The third-order valence-electron chi connectivity index (χ3n) is 1.29. The lowest BCUT2D eigenvalue weighted by atomic mass is 10.2. The zero-order chi connectivity index (χ0) is 7.82. The molecule has 0 aromatic heterocycles. The van der Waals surface area contributed by atoms with E-state index in [4.69, 9.17) is 15.2 Å². The van der Waals surface area contributed by atoms with Crippen LogP contribution in [0, 0.1) is 6.29 Å². The molecule has 10 heavy (non-hydrogen) atoms. The van der Waals surface area contributed by atoms with E-state index in [1.54, 1.807) is 14.2 Å². The molecule has 0 unspecified atom stereocenters. The molecular formula is C7H16NO2. The van der Waals surface area contributed by atoms with E-state index in [-0.39, 0.29) is 0 Å².